The molecule has 0 atom stereocenters. The van der Waals surface area contributed by atoms with E-state index in [1.807, 2.05) is 24.3 Å². The van der Waals surface area contributed by atoms with Crippen molar-refractivity contribution < 1.29 is 0 Å². The van der Waals surface area contributed by atoms with Crippen molar-refractivity contribution in [3.05, 3.63) is 162 Å². The van der Waals surface area contributed by atoms with Crippen molar-refractivity contribution in [2.75, 3.05) is 0 Å². The molecular formula is C41H26ClN3S. The highest BCUT2D eigenvalue weighted by Gasteiger charge is 2.20. The minimum atomic E-state index is 0.654. The highest BCUT2D eigenvalue weighted by atomic mass is 35.5. The van der Waals surface area contributed by atoms with Crippen LogP contribution in [0.15, 0.2) is 155 Å². The molecule has 0 saturated carbocycles. The van der Waals surface area contributed by atoms with Crippen LogP contribution in [0.2, 0.25) is 5.02 Å². The first-order chi connectivity index (χ1) is 22.7. The number of para-hydroxylation sites is 1. The van der Waals surface area contributed by atoms with Crippen LogP contribution < -0.4 is 0 Å². The molecule has 6 aromatic carbocycles. The van der Waals surface area contributed by atoms with E-state index in [1.54, 1.807) is 11.8 Å². The molecule has 2 aromatic heterocycles. The molecule has 0 saturated heterocycles. The summed E-state index contributed by atoms with van der Waals surface area (Å²) in [7, 11) is 0. The number of halogens is 1. The molecular weight excluding hydrogens is 602 g/mol. The predicted molar refractivity (Wildman–Crippen MR) is 191 cm³/mol. The van der Waals surface area contributed by atoms with E-state index in [1.165, 1.54) is 42.8 Å². The summed E-state index contributed by atoms with van der Waals surface area (Å²) >= 11 is 8.35. The van der Waals surface area contributed by atoms with Crippen molar-refractivity contribution in [1.82, 2.24) is 14.5 Å². The lowest BCUT2D eigenvalue weighted by Gasteiger charge is -2.20. The summed E-state index contributed by atoms with van der Waals surface area (Å²) in [6.07, 6.45) is 0.858. The van der Waals surface area contributed by atoms with Gasteiger partial charge in [-0.2, -0.15) is 0 Å². The second-order valence-corrected chi connectivity index (χ2v) is 13.1. The Hall–Kier alpha value is -5.16. The van der Waals surface area contributed by atoms with Gasteiger partial charge >= 0.3 is 0 Å². The van der Waals surface area contributed by atoms with Gasteiger partial charge in [0.25, 0.3) is 0 Å². The van der Waals surface area contributed by atoms with Gasteiger partial charge < -0.3 is 0 Å². The summed E-state index contributed by atoms with van der Waals surface area (Å²) in [4.78, 5) is 12.9. The van der Waals surface area contributed by atoms with E-state index in [4.69, 9.17) is 21.6 Å². The van der Waals surface area contributed by atoms with Gasteiger partial charge in [0.05, 0.1) is 22.4 Å². The maximum atomic E-state index is 6.54. The largest absolute Gasteiger partial charge is 0.278 e. The van der Waals surface area contributed by atoms with E-state index in [2.05, 4.69) is 126 Å². The van der Waals surface area contributed by atoms with Gasteiger partial charge in [-0.05, 0) is 64.7 Å². The van der Waals surface area contributed by atoms with Crippen molar-refractivity contribution in [2.24, 2.45) is 0 Å². The van der Waals surface area contributed by atoms with E-state index < -0.39 is 0 Å². The van der Waals surface area contributed by atoms with Gasteiger partial charge in [-0.15, -0.1) is 0 Å². The Balaban J connectivity index is 1.20. The molecule has 0 aliphatic carbocycles. The number of hydrogen-bond acceptors (Lipinski definition) is 3. The van der Waals surface area contributed by atoms with Gasteiger partial charge in [0, 0.05) is 43.1 Å². The lowest BCUT2D eigenvalue weighted by atomic mass is 9.98. The maximum absolute atomic E-state index is 6.54. The van der Waals surface area contributed by atoms with Gasteiger partial charge in [0.1, 0.15) is 0 Å². The third-order valence-corrected chi connectivity index (χ3v) is 10.3. The predicted octanol–water partition coefficient (Wildman–Crippen LogP) is 11.3. The molecule has 1 aliphatic heterocycles. The normalized spacial score (nSPS) is 12.3. The number of rotatable bonds is 4. The number of fused-ring (bicyclic) bond motifs is 5. The lowest BCUT2D eigenvalue weighted by Crippen LogP contribution is -2.04. The molecule has 0 fully saturated rings. The number of benzene rings is 6. The molecule has 0 spiro atoms. The molecule has 9 rings (SSSR count). The summed E-state index contributed by atoms with van der Waals surface area (Å²) in [5, 5.41) is 3.19. The summed E-state index contributed by atoms with van der Waals surface area (Å²) in [6.45, 7) is 0. The van der Waals surface area contributed by atoms with Crippen molar-refractivity contribution in [3.63, 3.8) is 0 Å². The van der Waals surface area contributed by atoms with Crippen molar-refractivity contribution in [2.45, 2.75) is 16.2 Å². The second-order valence-electron chi connectivity index (χ2n) is 11.6. The minimum Gasteiger partial charge on any atom is -0.278 e. The number of nitrogens with zero attached hydrogens (tertiary/aromatic N) is 3. The van der Waals surface area contributed by atoms with E-state index in [-0.39, 0.29) is 0 Å². The van der Waals surface area contributed by atoms with Crippen molar-refractivity contribution >= 4 is 45.2 Å². The smallest absolute Gasteiger partial charge is 0.235 e. The molecule has 0 bridgehead atoms. The zero-order valence-corrected chi connectivity index (χ0v) is 26.3. The van der Waals surface area contributed by atoms with E-state index in [0.717, 1.165) is 45.0 Å². The fraction of sp³-hybridized carbons (Fsp3) is 0.0244. The molecule has 218 valence electrons. The first-order valence-corrected chi connectivity index (χ1v) is 16.5. The Bertz CT molecular complexity index is 2380. The Labute approximate surface area is 276 Å². The third-order valence-electron chi connectivity index (χ3n) is 8.79. The molecule has 0 unspecified atom stereocenters. The SMILES string of the molecule is Clc1cccc2c1Cc1ccc(-c3ccc4c(c3)c3ccccc3n4-c3nc(-c4ccccc4)cc(-c4ccccc4)n3)cc1S2. The van der Waals surface area contributed by atoms with E-state index >= 15 is 0 Å². The standard InChI is InChI=1S/C41H26ClN3S/c42-34-15-9-17-39-33(34)23-30-19-18-29(24-40(30)46-39)28-20-21-38-32(22-28)31-14-7-8-16-37(31)45(38)41-43-35(26-10-3-1-4-11-26)25-36(44-41)27-12-5-2-6-13-27/h1-22,24-25H,23H2. The van der Waals surface area contributed by atoms with Gasteiger partial charge in [0.15, 0.2) is 0 Å². The summed E-state index contributed by atoms with van der Waals surface area (Å²) in [5.74, 6) is 0.654. The quantitative estimate of drug-likeness (QED) is 0.194. The fourth-order valence-electron chi connectivity index (χ4n) is 6.51. The van der Waals surface area contributed by atoms with Gasteiger partial charge in [-0.1, -0.05) is 126 Å². The van der Waals surface area contributed by atoms with Crippen LogP contribution >= 0.6 is 23.4 Å². The Kier molecular flexibility index (Phi) is 6.51. The monoisotopic (exact) mass is 627 g/mol. The average molecular weight is 628 g/mol. The molecule has 0 N–H and O–H groups in total. The molecule has 8 aromatic rings. The molecule has 3 heterocycles. The Morgan fingerprint density at radius 2 is 1.17 bits per heavy atom. The Morgan fingerprint density at radius 3 is 1.93 bits per heavy atom. The molecule has 46 heavy (non-hydrogen) atoms. The van der Waals surface area contributed by atoms with Crippen LogP contribution in [0.1, 0.15) is 11.1 Å². The molecule has 0 radical (unpaired) electrons. The summed E-state index contributed by atoms with van der Waals surface area (Å²) in [5.41, 5.74) is 11.0. The van der Waals surface area contributed by atoms with Crippen LogP contribution in [0, 0.1) is 0 Å². The van der Waals surface area contributed by atoms with Crippen LogP contribution in [0.4, 0.5) is 0 Å². The number of hydrogen-bond donors (Lipinski definition) is 0. The topological polar surface area (TPSA) is 30.7 Å². The fourth-order valence-corrected chi connectivity index (χ4v) is 7.95. The molecule has 5 heteroatoms. The molecule has 0 amide bonds. The highest BCUT2D eigenvalue weighted by Crippen LogP contribution is 2.44. The van der Waals surface area contributed by atoms with Crippen LogP contribution in [-0.2, 0) is 6.42 Å². The minimum absolute atomic E-state index is 0.654. The number of aromatic nitrogens is 3. The zero-order valence-electron chi connectivity index (χ0n) is 24.7. The maximum Gasteiger partial charge on any atom is 0.235 e. The van der Waals surface area contributed by atoms with Gasteiger partial charge in [-0.3, -0.25) is 4.57 Å². The summed E-state index contributed by atoms with van der Waals surface area (Å²) < 4.78 is 2.21. The van der Waals surface area contributed by atoms with Crippen LogP contribution in [0.25, 0.3) is 61.4 Å². The third kappa shape index (κ3) is 4.61. The first-order valence-electron chi connectivity index (χ1n) is 15.3. The van der Waals surface area contributed by atoms with Crippen molar-refractivity contribution in [3.8, 4) is 39.6 Å². The van der Waals surface area contributed by atoms with Crippen molar-refractivity contribution in [1.29, 1.82) is 0 Å². The summed E-state index contributed by atoms with van der Waals surface area (Å²) in [6, 6.07) is 51.0. The zero-order chi connectivity index (χ0) is 30.6. The van der Waals surface area contributed by atoms with Crippen LogP contribution in [0.5, 0.6) is 0 Å². The first kappa shape index (κ1) is 27.2. The van der Waals surface area contributed by atoms with Crippen LogP contribution in [-0.4, -0.2) is 14.5 Å². The highest BCUT2D eigenvalue weighted by molar-refractivity contribution is 7.99. The van der Waals surface area contributed by atoms with Crippen LogP contribution in [0.3, 0.4) is 0 Å². The average Bonchev–Trinajstić information content (AvgIpc) is 3.45. The van der Waals surface area contributed by atoms with E-state index in [0.29, 0.717) is 5.95 Å². The van der Waals surface area contributed by atoms with Gasteiger partial charge in [-0.25, -0.2) is 9.97 Å². The Morgan fingerprint density at radius 1 is 0.522 bits per heavy atom. The van der Waals surface area contributed by atoms with Gasteiger partial charge in [0.2, 0.25) is 5.95 Å². The molecule has 3 nitrogen and oxygen atoms in total. The molecule has 1 aliphatic rings. The second kappa shape index (κ2) is 11.0. The van der Waals surface area contributed by atoms with E-state index in [9.17, 15) is 0 Å². The lowest BCUT2D eigenvalue weighted by molar-refractivity contribution is 0.995.